The molecule has 0 radical (unpaired) electrons. The van der Waals surface area contributed by atoms with Crippen molar-refractivity contribution in [1.29, 1.82) is 0 Å². The first-order chi connectivity index (χ1) is 17.0. The molecule has 2 aliphatic rings. The monoisotopic (exact) mass is 492 g/mol. The minimum absolute atomic E-state index is 0.0302. The Kier molecular flexibility index (Phi) is 6.85. The summed E-state index contributed by atoms with van der Waals surface area (Å²) in [7, 11) is 1.59. The zero-order valence-electron chi connectivity index (χ0n) is 19.5. The van der Waals surface area contributed by atoms with Crippen molar-refractivity contribution in [1.82, 2.24) is 20.3 Å². The van der Waals surface area contributed by atoms with Gasteiger partial charge in [-0.05, 0) is 43.5 Å². The van der Waals surface area contributed by atoms with Crippen LogP contribution in [0.3, 0.4) is 0 Å². The van der Waals surface area contributed by atoms with Crippen molar-refractivity contribution in [3.8, 4) is 5.88 Å². The molecule has 1 aliphatic heterocycles. The Morgan fingerprint density at radius 1 is 1.26 bits per heavy atom. The predicted octanol–water partition coefficient (Wildman–Crippen LogP) is 3.32. The van der Waals surface area contributed by atoms with Crippen LogP contribution in [0.15, 0.2) is 53.7 Å². The smallest absolute Gasteiger partial charge is 0.235 e. The molecule has 3 atom stereocenters. The van der Waals surface area contributed by atoms with Crippen molar-refractivity contribution < 1.29 is 14.6 Å². The number of hydrogen-bond donors (Lipinski definition) is 4. The number of amides is 1. The van der Waals surface area contributed by atoms with E-state index in [2.05, 4.69) is 37.5 Å². The van der Waals surface area contributed by atoms with Gasteiger partial charge in [-0.15, -0.1) is 11.8 Å². The quantitative estimate of drug-likeness (QED) is 0.393. The Bertz CT molecular complexity index is 1270. The molecule has 10 heteroatoms. The van der Waals surface area contributed by atoms with Gasteiger partial charge in [0.1, 0.15) is 11.3 Å². The Morgan fingerprint density at radius 2 is 2.14 bits per heavy atom. The van der Waals surface area contributed by atoms with Crippen molar-refractivity contribution in [2.24, 2.45) is 5.92 Å². The first kappa shape index (κ1) is 23.5. The SMILES string of the molecule is C=C(Nc1ccnc2ccc(OC)nc12)[C@@H]1CC[C@@H](NCc2ccc3c(n2)NC(=O)CS3)[C@H](O)C1. The molecule has 182 valence electrons. The Hall–Kier alpha value is -3.21. The van der Waals surface area contributed by atoms with Crippen LogP contribution >= 0.6 is 11.8 Å². The van der Waals surface area contributed by atoms with Crippen molar-refractivity contribution in [2.75, 3.05) is 23.5 Å². The summed E-state index contributed by atoms with van der Waals surface area (Å²) in [5.74, 6) is 1.66. The van der Waals surface area contributed by atoms with Crippen molar-refractivity contribution in [3.05, 3.63) is 54.5 Å². The highest BCUT2D eigenvalue weighted by molar-refractivity contribution is 8.00. The fraction of sp³-hybridized carbons (Fsp3) is 0.360. The Labute approximate surface area is 207 Å². The molecule has 0 aromatic carbocycles. The van der Waals surface area contributed by atoms with Crippen LogP contribution in [0.5, 0.6) is 5.88 Å². The van der Waals surface area contributed by atoms with E-state index >= 15 is 0 Å². The van der Waals surface area contributed by atoms with E-state index in [1.807, 2.05) is 24.3 Å². The summed E-state index contributed by atoms with van der Waals surface area (Å²) in [4.78, 5) is 26.1. The van der Waals surface area contributed by atoms with Crippen LogP contribution in [0, 0.1) is 5.92 Å². The molecule has 3 aromatic heterocycles. The third-order valence-electron chi connectivity index (χ3n) is 6.45. The van der Waals surface area contributed by atoms with Gasteiger partial charge in [0.15, 0.2) is 0 Å². The Balaban J connectivity index is 1.18. The average molecular weight is 493 g/mol. The number of carbonyl (C=O) groups excluding carboxylic acids is 1. The number of thioether (sulfide) groups is 1. The summed E-state index contributed by atoms with van der Waals surface area (Å²) < 4.78 is 5.26. The summed E-state index contributed by atoms with van der Waals surface area (Å²) in [5.41, 5.74) is 3.99. The van der Waals surface area contributed by atoms with Gasteiger partial charge in [0.25, 0.3) is 0 Å². The third-order valence-corrected chi connectivity index (χ3v) is 7.50. The highest BCUT2D eigenvalue weighted by atomic mass is 32.2. The van der Waals surface area contributed by atoms with E-state index in [0.29, 0.717) is 30.4 Å². The number of nitrogens with one attached hydrogen (secondary N) is 3. The lowest BCUT2D eigenvalue weighted by Crippen LogP contribution is -2.44. The second-order valence-corrected chi connectivity index (χ2v) is 9.80. The van der Waals surface area contributed by atoms with Crippen molar-refractivity contribution in [2.45, 2.75) is 42.8 Å². The van der Waals surface area contributed by atoms with E-state index in [1.54, 1.807) is 19.4 Å². The lowest BCUT2D eigenvalue weighted by atomic mass is 9.82. The summed E-state index contributed by atoms with van der Waals surface area (Å²) in [6, 6.07) is 9.44. The summed E-state index contributed by atoms with van der Waals surface area (Å²) in [6.07, 6.45) is 3.54. The number of aliphatic hydroxyl groups is 1. The number of carbonyl (C=O) groups is 1. The standard InChI is InChI=1S/C25H28N6O3S/c1-14(28-19-9-10-26-18-6-8-23(34-2)31-24(18)19)15-3-5-17(20(32)11-15)27-12-16-4-7-21-25(29-16)30-22(33)13-35-21/h4,6-10,15,17,20,27,32H,1,3,5,11-13H2,2H3,(H,26,28)(H,29,30,33)/t15-,17-,20-/m1/s1. The van der Waals surface area contributed by atoms with Gasteiger partial charge in [-0.2, -0.15) is 0 Å². The van der Waals surface area contributed by atoms with Crippen LogP contribution in [-0.2, 0) is 11.3 Å². The van der Waals surface area contributed by atoms with Gasteiger partial charge in [-0.1, -0.05) is 6.58 Å². The molecule has 4 N–H and O–H groups in total. The Morgan fingerprint density at radius 3 is 2.97 bits per heavy atom. The number of ether oxygens (including phenoxy) is 1. The topological polar surface area (TPSA) is 121 Å². The number of rotatable bonds is 7. The molecule has 0 saturated heterocycles. The molecular formula is C25H28N6O3S. The van der Waals surface area contributed by atoms with Crippen LogP contribution in [0.1, 0.15) is 25.0 Å². The van der Waals surface area contributed by atoms with Gasteiger partial charge in [0.05, 0.1) is 40.8 Å². The van der Waals surface area contributed by atoms with E-state index < -0.39 is 6.10 Å². The van der Waals surface area contributed by atoms with Crippen LogP contribution in [0.4, 0.5) is 11.5 Å². The molecule has 4 heterocycles. The normalized spacial score (nSPS) is 21.8. The van der Waals surface area contributed by atoms with Gasteiger partial charge in [0, 0.05) is 36.5 Å². The molecule has 1 saturated carbocycles. The number of allylic oxidation sites excluding steroid dienone is 1. The number of methoxy groups -OCH3 is 1. The number of anilines is 2. The third kappa shape index (κ3) is 5.24. The summed E-state index contributed by atoms with van der Waals surface area (Å²) in [6.45, 7) is 4.78. The molecule has 0 unspecified atom stereocenters. The predicted molar refractivity (Wildman–Crippen MR) is 136 cm³/mol. The molecule has 9 nitrogen and oxygen atoms in total. The van der Waals surface area contributed by atoms with Crippen LogP contribution < -0.4 is 20.7 Å². The molecule has 5 rings (SSSR count). The van der Waals surface area contributed by atoms with Crippen LogP contribution in [0.25, 0.3) is 11.0 Å². The zero-order valence-corrected chi connectivity index (χ0v) is 20.3. The van der Waals surface area contributed by atoms with Crippen LogP contribution in [0.2, 0.25) is 0 Å². The number of pyridine rings is 3. The number of fused-ring (bicyclic) bond motifs is 2. The van der Waals surface area contributed by atoms with E-state index in [4.69, 9.17) is 4.74 Å². The van der Waals surface area contributed by atoms with Crippen molar-refractivity contribution in [3.63, 3.8) is 0 Å². The molecule has 1 aliphatic carbocycles. The van der Waals surface area contributed by atoms with E-state index in [9.17, 15) is 9.90 Å². The summed E-state index contributed by atoms with van der Waals surface area (Å²) in [5, 5.41) is 20.5. The first-order valence-electron chi connectivity index (χ1n) is 11.6. The van der Waals surface area contributed by atoms with Crippen LogP contribution in [-0.4, -0.2) is 51.0 Å². The molecule has 35 heavy (non-hydrogen) atoms. The first-order valence-corrected chi connectivity index (χ1v) is 12.6. The lowest BCUT2D eigenvalue weighted by molar-refractivity contribution is -0.113. The number of hydrogen-bond acceptors (Lipinski definition) is 9. The second-order valence-electron chi connectivity index (χ2n) is 8.78. The molecule has 0 bridgehead atoms. The molecule has 0 spiro atoms. The van der Waals surface area contributed by atoms with Gasteiger partial charge in [-0.3, -0.25) is 9.78 Å². The highest BCUT2D eigenvalue weighted by Gasteiger charge is 2.30. The summed E-state index contributed by atoms with van der Waals surface area (Å²) >= 11 is 1.49. The lowest BCUT2D eigenvalue weighted by Gasteiger charge is -2.35. The van der Waals surface area contributed by atoms with Gasteiger partial charge >= 0.3 is 0 Å². The van der Waals surface area contributed by atoms with E-state index in [-0.39, 0.29) is 17.9 Å². The molecular weight excluding hydrogens is 464 g/mol. The fourth-order valence-corrected chi connectivity index (χ4v) is 5.29. The second kappa shape index (κ2) is 10.2. The minimum atomic E-state index is -0.507. The molecule has 3 aromatic rings. The van der Waals surface area contributed by atoms with E-state index in [1.165, 1.54) is 11.8 Å². The van der Waals surface area contributed by atoms with Gasteiger partial charge in [0.2, 0.25) is 11.8 Å². The fourth-order valence-electron chi connectivity index (χ4n) is 4.54. The number of aliphatic hydroxyl groups excluding tert-OH is 1. The highest BCUT2D eigenvalue weighted by Crippen LogP contribution is 2.33. The van der Waals surface area contributed by atoms with E-state index in [0.717, 1.165) is 45.8 Å². The molecule has 1 fully saturated rings. The van der Waals surface area contributed by atoms with Gasteiger partial charge in [-0.25, -0.2) is 9.97 Å². The zero-order chi connectivity index (χ0) is 24.4. The maximum atomic E-state index is 11.6. The largest absolute Gasteiger partial charge is 0.481 e. The maximum absolute atomic E-state index is 11.6. The van der Waals surface area contributed by atoms with Gasteiger partial charge < -0.3 is 25.8 Å². The maximum Gasteiger partial charge on any atom is 0.235 e. The minimum Gasteiger partial charge on any atom is -0.481 e. The molecule has 1 amide bonds. The average Bonchev–Trinajstić information content (AvgIpc) is 2.87. The number of nitrogens with zero attached hydrogens (tertiary/aromatic N) is 3. The number of aromatic nitrogens is 3. The van der Waals surface area contributed by atoms with Crippen molar-refractivity contribution >= 4 is 40.2 Å².